The Balaban J connectivity index is 1.38. The Bertz CT molecular complexity index is 2460. The second-order valence-electron chi connectivity index (χ2n) is 14.8. The van der Waals surface area contributed by atoms with Crippen LogP contribution >= 0.6 is 23.5 Å². The zero-order chi connectivity index (χ0) is 36.3. The molecule has 0 amide bonds. The molecule has 10 rings (SSSR count). The van der Waals surface area contributed by atoms with Crippen molar-refractivity contribution in [3.63, 3.8) is 0 Å². The van der Waals surface area contributed by atoms with Crippen molar-refractivity contribution in [1.82, 2.24) is 38.5 Å². The van der Waals surface area contributed by atoms with Gasteiger partial charge in [-0.3, -0.25) is 9.59 Å². The number of rotatable bonds is 2. The summed E-state index contributed by atoms with van der Waals surface area (Å²) in [7, 11) is 0. The van der Waals surface area contributed by atoms with Crippen molar-refractivity contribution in [3.05, 3.63) is 126 Å². The Morgan fingerprint density at radius 1 is 0.577 bits per heavy atom. The van der Waals surface area contributed by atoms with Crippen LogP contribution in [0.2, 0.25) is 0 Å². The normalized spacial score (nSPS) is 31.4. The maximum atomic E-state index is 15.0. The Labute approximate surface area is 301 Å². The fourth-order valence-electron chi connectivity index (χ4n) is 8.41. The number of hydrogen-bond acceptors (Lipinski definition) is 12. The van der Waals surface area contributed by atoms with Crippen molar-refractivity contribution in [2.75, 3.05) is 13.2 Å². The summed E-state index contributed by atoms with van der Waals surface area (Å²) in [6.45, 7) is 7.87. The predicted molar refractivity (Wildman–Crippen MR) is 188 cm³/mol. The summed E-state index contributed by atoms with van der Waals surface area (Å²) in [5, 5.41) is 5.39. The molecule has 266 valence electrons. The molecular weight excluding hydrogens is 713 g/mol. The van der Waals surface area contributed by atoms with Crippen LogP contribution in [0.25, 0.3) is 11.4 Å². The van der Waals surface area contributed by atoms with E-state index < -0.39 is 65.9 Å². The van der Waals surface area contributed by atoms with Gasteiger partial charge in [-0.05, 0) is 75.5 Å². The minimum absolute atomic E-state index is 0.00181. The van der Waals surface area contributed by atoms with E-state index in [0.717, 1.165) is 9.13 Å². The Morgan fingerprint density at radius 3 is 1.27 bits per heavy atom. The molecular formula is C34H30N8O8S2. The highest BCUT2D eigenvalue weighted by Crippen LogP contribution is 2.76. The first-order valence-electron chi connectivity index (χ1n) is 16.6. The Kier molecular flexibility index (Phi) is 5.88. The van der Waals surface area contributed by atoms with Gasteiger partial charge >= 0.3 is 22.8 Å². The molecule has 0 aliphatic carbocycles. The average Bonchev–Trinajstić information content (AvgIpc) is 3.94. The monoisotopic (exact) mass is 742 g/mol. The number of thioether (sulfide) groups is 2. The van der Waals surface area contributed by atoms with E-state index >= 15 is 0 Å². The summed E-state index contributed by atoms with van der Waals surface area (Å²) < 4.78 is 18.8. The maximum Gasteiger partial charge on any atom is 0.353 e. The van der Waals surface area contributed by atoms with Crippen LogP contribution in [0.15, 0.2) is 103 Å². The molecule has 0 unspecified atom stereocenters. The molecule has 2 N–H and O–H groups in total. The number of nitrogens with one attached hydrogen (secondary N) is 2. The molecule has 4 aromatic rings. The van der Waals surface area contributed by atoms with Crippen LogP contribution in [0.5, 0.6) is 0 Å². The van der Waals surface area contributed by atoms with Crippen LogP contribution in [0.4, 0.5) is 0 Å². The number of para-hydroxylation sites is 2. The fraction of sp³-hybridized carbons (Fsp3) is 0.353. The second kappa shape index (κ2) is 9.74. The molecule has 0 bridgehead atoms. The van der Waals surface area contributed by atoms with Crippen molar-refractivity contribution < 1.29 is 19.1 Å². The predicted octanol–water partition coefficient (Wildman–Crippen LogP) is 0.797. The number of hydrogen-bond donors (Lipinski definition) is 2. The standard InChI is InChI=1S/C34H30N8O8S2/c1-31(2)15-49-23(35-31)19-21-33(51-25(19)43)34(42-30(48)37(27(45)39(21)42)17-11-7-5-8-12-17)22(20(26(44)52-34)24-36-32(3,4)16-50-24)40-28(46)38(29(47)41(33)40)18-13-9-6-10-14-18/h5-14,21-22,35-36H,15-16H2,1-4H3/b23-19+,24-20+/t21-,22-,33+,34+/m0/s1. The van der Waals surface area contributed by atoms with Gasteiger partial charge in [-0.15, -0.1) is 0 Å². The third-order valence-corrected chi connectivity index (χ3v) is 13.4. The minimum Gasteiger partial charge on any atom is -0.476 e. The van der Waals surface area contributed by atoms with Crippen molar-refractivity contribution in [2.24, 2.45) is 0 Å². The summed E-state index contributed by atoms with van der Waals surface area (Å²) in [6, 6.07) is 13.8. The van der Waals surface area contributed by atoms with E-state index in [1.807, 2.05) is 27.7 Å². The summed E-state index contributed by atoms with van der Waals surface area (Å²) in [5.74, 6) is 0.172. The summed E-state index contributed by atoms with van der Waals surface area (Å²) in [5.41, 5.74) is -3.95. The van der Waals surface area contributed by atoms with Crippen LogP contribution in [0, 0.1) is 0 Å². The molecule has 0 saturated carbocycles. The van der Waals surface area contributed by atoms with Gasteiger partial charge < -0.3 is 20.1 Å². The van der Waals surface area contributed by atoms with Crippen LogP contribution in [-0.2, 0) is 28.8 Å². The molecule has 2 spiro atoms. The topological polar surface area (TPSA) is 175 Å². The lowest BCUT2D eigenvalue weighted by molar-refractivity contribution is -0.108. The van der Waals surface area contributed by atoms with Gasteiger partial charge in [0.25, 0.3) is 0 Å². The van der Waals surface area contributed by atoms with E-state index in [1.165, 1.54) is 18.7 Å². The lowest BCUT2D eigenvalue weighted by atomic mass is 9.89. The van der Waals surface area contributed by atoms with E-state index in [2.05, 4.69) is 10.6 Å². The van der Waals surface area contributed by atoms with E-state index in [4.69, 9.17) is 9.47 Å². The fourth-order valence-corrected chi connectivity index (χ4v) is 11.7. The van der Waals surface area contributed by atoms with Gasteiger partial charge in [-0.1, -0.05) is 36.4 Å². The number of benzene rings is 2. The van der Waals surface area contributed by atoms with Crippen molar-refractivity contribution in [1.29, 1.82) is 0 Å². The number of aromatic nitrogens is 6. The van der Waals surface area contributed by atoms with E-state index in [0.29, 0.717) is 23.5 Å². The van der Waals surface area contributed by atoms with E-state index in [9.17, 15) is 28.8 Å². The molecule has 16 nitrogen and oxygen atoms in total. The SMILES string of the molecule is CC1(C)CO/C(=C2/C(=O)S[C@]34[C@H]2n2c(=O)n(-c5ccccc5)c(=O)n2[C@]32SC(=O)/C(=C3\NC(C)(C)CO3)[C@@H]2n2c(=O)n(-c3ccccc3)c(=O)n24)N1. The van der Waals surface area contributed by atoms with Gasteiger partial charge in [0.2, 0.25) is 10.2 Å². The molecule has 6 aliphatic heterocycles. The molecule has 6 aliphatic rings. The van der Waals surface area contributed by atoms with E-state index in [-0.39, 0.29) is 47.5 Å². The first kappa shape index (κ1) is 31.4. The zero-order valence-electron chi connectivity index (χ0n) is 28.1. The molecule has 8 heterocycles. The Morgan fingerprint density at radius 2 is 0.942 bits per heavy atom. The largest absolute Gasteiger partial charge is 0.476 e. The molecule has 4 saturated heterocycles. The molecule has 52 heavy (non-hydrogen) atoms. The lowest BCUT2D eigenvalue weighted by Crippen LogP contribution is -2.52. The van der Waals surface area contributed by atoms with Gasteiger partial charge in [0.05, 0.1) is 33.6 Å². The number of nitrogens with zero attached hydrogens (tertiary/aromatic N) is 6. The van der Waals surface area contributed by atoms with Gasteiger partial charge in [0, 0.05) is 0 Å². The number of carbonyl (C=O) groups is 2. The smallest absolute Gasteiger partial charge is 0.353 e. The zero-order valence-corrected chi connectivity index (χ0v) is 29.7. The van der Waals surface area contributed by atoms with Gasteiger partial charge in [0.1, 0.15) is 25.3 Å². The quantitative estimate of drug-likeness (QED) is 0.277. The van der Waals surface area contributed by atoms with Gasteiger partial charge in [-0.25, -0.2) is 47.0 Å². The summed E-state index contributed by atoms with van der Waals surface area (Å²) in [6.07, 6.45) is 0. The van der Waals surface area contributed by atoms with Crippen LogP contribution in [0.1, 0.15) is 39.8 Å². The third-order valence-electron chi connectivity index (χ3n) is 10.4. The highest BCUT2D eigenvalue weighted by Gasteiger charge is 2.85. The minimum atomic E-state index is -1.93. The molecule has 2 aromatic carbocycles. The molecule has 4 fully saturated rings. The first-order chi connectivity index (χ1) is 24.7. The summed E-state index contributed by atoms with van der Waals surface area (Å²) >= 11 is 1.41. The molecule has 2 aromatic heterocycles. The highest BCUT2D eigenvalue weighted by molar-refractivity contribution is 8.19. The maximum absolute atomic E-state index is 15.0. The van der Waals surface area contributed by atoms with Gasteiger partial charge in [-0.2, -0.15) is 0 Å². The lowest BCUT2D eigenvalue weighted by Gasteiger charge is -2.34. The highest BCUT2D eigenvalue weighted by atomic mass is 32.2. The van der Waals surface area contributed by atoms with Crippen LogP contribution in [-0.4, -0.2) is 62.4 Å². The third kappa shape index (κ3) is 3.51. The second-order valence-corrected chi connectivity index (χ2v) is 17.2. The van der Waals surface area contributed by atoms with Gasteiger partial charge in [0.15, 0.2) is 21.5 Å². The van der Waals surface area contributed by atoms with Crippen molar-refractivity contribution in [3.8, 4) is 11.4 Å². The number of carbonyl (C=O) groups excluding carboxylic acids is 2. The van der Waals surface area contributed by atoms with Crippen LogP contribution < -0.4 is 33.4 Å². The van der Waals surface area contributed by atoms with Crippen LogP contribution in [0.3, 0.4) is 0 Å². The molecule has 4 atom stereocenters. The van der Waals surface area contributed by atoms with E-state index in [1.54, 1.807) is 60.7 Å². The van der Waals surface area contributed by atoms with Crippen molar-refractivity contribution >= 4 is 33.8 Å². The Hall–Kier alpha value is -5.36. The van der Waals surface area contributed by atoms with Crippen molar-refractivity contribution in [2.45, 2.75) is 60.6 Å². The average molecular weight is 743 g/mol. The first-order valence-corrected chi connectivity index (χ1v) is 18.2. The summed E-state index contributed by atoms with van der Waals surface area (Å²) in [4.78, 5) is 84.9. The molecule has 0 radical (unpaired) electrons. The number of ether oxygens (including phenoxy) is 2. The molecule has 18 heteroatoms. The number of fused-ring (bicyclic) bond motifs is 4.